The van der Waals surface area contributed by atoms with Gasteiger partial charge in [-0.25, -0.2) is 4.79 Å². The van der Waals surface area contributed by atoms with Crippen molar-refractivity contribution in [3.05, 3.63) is 65.2 Å². The first-order valence-electron chi connectivity index (χ1n) is 8.37. The number of methoxy groups -OCH3 is 1. The first-order chi connectivity index (χ1) is 12.1. The van der Waals surface area contributed by atoms with Gasteiger partial charge in [0, 0.05) is 5.56 Å². The predicted octanol–water partition coefficient (Wildman–Crippen LogP) is 5.18. The quantitative estimate of drug-likeness (QED) is 0.515. The molecule has 0 heterocycles. The lowest BCUT2D eigenvalue weighted by atomic mass is 9.99. The Morgan fingerprint density at radius 2 is 1.76 bits per heavy atom. The van der Waals surface area contributed by atoms with Gasteiger partial charge in [0.05, 0.1) is 7.11 Å². The van der Waals surface area contributed by atoms with Gasteiger partial charge in [-0.1, -0.05) is 50.8 Å². The smallest absolute Gasteiger partial charge is 0.488 e. The standard InChI is InChI=1S/C21H24O4/c1-5-15-12-17(7-3)20(13-16(15)6-2)24-14-18-10-8-9-11-19(18)25-21(22)23-4/h6,8-13H,2,5,7,14H2,1,3-4H3. The molecular formula is C21H24O4. The van der Waals surface area contributed by atoms with Crippen molar-refractivity contribution >= 4 is 12.2 Å². The molecule has 0 aliphatic rings. The Morgan fingerprint density at radius 1 is 1.04 bits per heavy atom. The number of benzene rings is 2. The van der Waals surface area contributed by atoms with Crippen molar-refractivity contribution in [3.63, 3.8) is 0 Å². The summed E-state index contributed by atoms with van der Waals surface area (Å²) in [6, 6.07) is 11.4. The van der Waals surface area contributed by atoms with E-state index >= 15 is 0 Å². The number of hydrogen-bond acceptors (Lipinski definition) is 4. The van der Waals surface area contributed by atoms with E-state index < -0.39 is 6.16 Å². The minimum Gasteiger partial charge on any atom is -0.488 e. The summed E-state index contributed by atoms with van der Waals surface area (Å²) < 4.78 is 15.7. The number of carbonyl (C=O) groups is 1. The van der Waals surface area contributed by atoms with Gasteiger partial charge in [-0.2, -0.15) is 0 Å². The zero-order chi connectivity index (χ0) is 18.2. The van der Waals surface area contributed by atoms with Crippen LogP contribution in [0.1, 0.15) is 36.1 Å². The van der Waals surface area contributed by atoms with Gasteiger partial charge >= 0.3 is 6.16 Å². The maximum absolute atomic E-state index is 11.4. The Kier molecular flexibility index (Phi) is 6.63. The minimum absolute atomic E-state index is 0.294. The van der Waals surface area contributed by atoms with Crippen molar-refractivity contribution in [2.24, 2.45) is 0 Å². The molecule has 0 unspecified atom stereocenters. The topological polar surface area (TPSA) is 44.8 Å². The molecule has 4 heteroatoms. The molecule has 0 atom stereocenters. The van der Waals surface area contributed by atoms with Gasteiger partial charge in [0.1, 0.15) is 18.1 Å². The van der Waals surface area contributed by atoms with E-state index in [0.29, 0.717) is 12.4 Å². The fourth-order valence-electron chi connectivity index (χ4n) is 2.61. The van der Waals surface area contributed by atoms with Gasteiger partial charge in [0.2, 0.25) is 0 Å². The molecule has 0 amide bonds. The molecule has 2 rings (SSSR count). The predicted molar refractivity (Wildman–Crippen MR) is 99.1 cm³/mol. The summed E-state index contributed by atoms with van der Waals surface area (Å²) in [6.07, 6.45) is 2.92. The van der Waals surface area contributed by atoms with Crippen LogP contribution in [-0.4, -0.2) is 13.3 Å². The lowest BCUT2D eigenvalue weighted by Gasteiger charge is -2.15. The molecule has 0 saturated carbocycles. The van der Waals surface area contributed by atoms with Crippen molar-refractivity contribution in [2.45, 2.75) is 33.3 Å². The van der Waals surface area contributed by atoms with Gasteiger partial charge in [0.25, 0.3) is 0 Å². The number of hydrogen-bond donors (Lipinski definition) is 0. The van der Waals surface area contributed by atoms with E-state index in [-0.39, 0.29) is 0 Å². The van der Waals surface area contributed by atoms with Gasteiger partial charge in [0.15, 0.2) is 0 Å². The first kappa shape index (κ1) is 18.6. The number of para-hydroxylation sites is 1. The highest BCUT2D eigenvalue weighted by Crippen LogP contribution is 2.28. The molecule has 0 fully saturated rings. The number of aryl methyl sites for hydroxylation is 2. The van der Waals surface area contributed by atoms with E-state index in [1.54, 1.807) is 12.1 Å². The molecule has 0 radical (unpaired) electrons. The second-order valence-corrected chi connectivity index (χ2v) is 5.52. The Hall–Kier alpha value is -2.75. The molecule has 0 spiro atoms. The van der Waals surface area contributed by atoms with Crippen LogP contribution >= 0.6 is 0 Å². The molecule has 2 aromatic carbocycles. The van der Waals surface area contributed by atoms with E-state index in [1.165, 1.54) is 12.7 Å². The van der Waals surface area contributed by atoms with Crippen LogP contribution in [0.3, 0.4) is 0 Å². The third-order valence-electron chi connectivity index (χ3n) is 4.02. The highest BCUT2D eigenvalue weighted by Gasteiger charge is 2.12. The van der Waals surface area contributed by atoms with Crippen LogP contribution in [0.15, 0.2) is 43.0 Å². The lowest BCUT2D eigenvalue weighted by Crippen LogP contribution is -2.10. The Morgan fingerprint density at radius 3 is 2.40 bits per heavy atom. The summed E-state index contributed by atoms with van der Waals surface area (Å²) in [6.45, 7) is 8.41. The summed E-state index contributed by atoms with van der Waals surface area (Å²) in [5.41, 5.74) is 4.26. The fourth-order valence-corrected chi connectivity index (χ4v) is 2.61. The monoisotopic (exact) mass is 340 g/mol. The molecule has 0 aromatic heterocycles. The zero-order valence-corrected chi connectivity index (χ0v) is 15.0. The Bertz CT molecular complexity index is 750. The van der Waals surface area contributed by atoms with Crippen LogP contribution in [0.4, 0.5) is 4.79 Å². The Balaban J connectivity index is 2.24. The van der Waals surface area contributed by atoms with Crippen molar-refractivity contribution in [2.75, 3.05) is 7.11 Å². The molecule has 132 valence electrons. The second-order valence-electron chi connectivity index (χ2n) is 5.52. The van der Waals surface area contributed by atoms with Crippen molar-refractivity contribution in [3.8, 4) is 11.5 Å². The van der Waals surface area contributed by atoms with Crippen LogP contribution in [-0.2, 0) is 24.2 Å². The molecule has 0 aliphatic carbocycles. The molecule has 0 saturated heterocycles. The highest BCUT2D eigenvalue weighted by atomic mass is 16.7. The third-order valence-corrected chi connectivity index (χ3v) is 4.02. The Labute approximate surface area is 149 Å². The molecule has 2 aromatic rings. The van der Waals surface area contributed by atoms with Crippen LogP contribution in [0, 0.1) is 0 Å². The number of carbonyl (C=O) groups excluding carboxylic acids is 1. The highest BCUT2D eigenvalue weighted by molar-refractivity contribution is 5.64. The SMILES string of the molecule is C=Cc1cc(OCc2ccccc2OC(=O)OC)c(CC)cc1CC. The van der Waals surface area contributed by atoms with Crippen molar-refractivity contribution in [1.82, 2.24) is 0 Å². The number of ether oxygens (including phenoxy) is 3. The molecule has 0 bridgehead atoms. The van der Waals surface area contributed by atoms with Gasteiger partial charge in [-0.15, -0.1) is 0 Å². The fraction of sp³-hybridized carbons (Fsp3) is 0.286. The third kappa shape index (κ3) is 4.63. The van der Waals surface area contributed by atoms with Gasteiger partial charge < -0.3 is 14.2 Å². The van der Waals surface area contributed by atoms with E-state index in [4.69, 9.17) is 9.47 Å². The summed E-state index contributed by atoms with van der Waals surface area (Å²) in [5.74, 6) is 1.25. The molecule has 25 heavy (non-hydrogen) atoms. The van der Waals surface area contributed by atoms with Crippen LogP contribution in [0.25, 0.3) is 6.08 Å². The van der Waals surface area contributed by atoms with Crippen LogP contribution in [0.5, 0.6) is 11.5 Å². The summed E-state index contributed by atoms with van der Waals surface area (Å²) in [4.78, 5) is 11.4. The summed E-state index contributed by atoms with van der Waals surface area (Å²) >= 11 is 0. The normalized spacial score (nSPS) is 10.2. The molecule has 0 N–H and O–H groups in total. The maximum Gasteiger partial charge on any atom is 0.513 e. The first-order valence-corrected chi connectivity index (χ1v) is 8.37. The van der Waals surface area contributed by atoms with Crippen LogP contribution < -0.4 is 9.47 Å². The summed E-state index contributed by atoms with van der Waals surface area (Å²) in [7, 11) is 1.28. The van der Waals surface area contributed by atoms with E-state index in [0.717, 1.165) is 35.3 Å². The maximum atomic E-state index is 11.4. The second kappa shape index (κ2) is 8.92. The lowest BCUT2D eigenvalue weighted by molar-refractivity contribution is 0.120. The minimum atomic E-state index is -0.747. The zero-order valence-electron chi connectivity index (χ0n) is 15.0. The number of rotatable bonds is 7. The average molecular weight is 340 g/mol. The van der Waals surface area contributed by atoms with E-state index in [2.05, 4.69) is 31.2 Å². The van der Waals surface area contributed by atoms with E-state index in [9.17, 15) is 4.79 Å². The largest absolute Gasteiger partial charge is 0.513 e. The molecular weight excluding hydrogens is 316 g/mol. The van der Waals surface area contributed by atoms with Gasteiger partial charge in [-0.3, -0.25) is 0 Å². The van der Waals surface area contributed by atoms with E-state index in [1.807, 2.05) is 24.3 Å². The molecule has 0 aliphatic heterocycles. The summed E-state index contributed by atoms with van der Waals surface area (Å²) in [5, 5.41) is 0. The van der Waals surface area contributed by atoms with Crippen molar-refractivity contribution < 1.29 is 19.0 Å². The average Bonchev–Trinajstić information content (AvgIpc) is 2.66. The van der Waals surface area contributed by atoms with Crippen molar-refractivity contribution in [1.29, 1.82) is 0 Å². The molecule has 4 nitrogen and oxygen atoms in total. The van der Waals surface area contributed by atoms with Crippen LogP contribution in [0.2, 0.25) is 0 Å². The van der Waals surface area contributed by atoms with Gasteiger partial charge in [-0.05, 0) is 41.7 Å².